The molecule has 0 aliphatic carbocycles. The highest BCUT2D eigenvalue weighted by Crippen LogP contribution is 2.41. The van der Waals surface area contributed by atoms with Crippen LogP contribution in [-0.4, -0.2) is 48.1 Å². The number of hydrogen-bond acceptors (Lipinski definition) is 6. The van der Waals surface area contributed by atoms with Crippen LogP contribution in [-0.2, 0) is 11.0 Å². The number of nitrogens with zero attached hydrogens (tertiary/aromatic N) is 2. The lowest BCUT2D eigenvalue weighted by atomic mass is 10.0. The molecular weight excluding hydrogens is 487 g/mol. The van der Waals surface area contributed by atoms with E-state index in [1.807, 2.05) is 0 Å². The van der Waals surface area contributed by atoms with E-state index in [9.17, 15) is 18.2 Å². The topological polar surface area (TPSA) is 114 Å². The normalized spacial score (nSPS) is 13.5. The molecule has 3 heterocycles. The molecule has 11 heteroatoms. The predicted molar refractivity (Wildman–Crippen MR) is 134 cm³/mol. The van der Waals surface area contributed by atoms with E-state index in [4.69, 9.17) is 9.15 Å². The van der Waals surface area contributed by atoms with Crippen molar-refractivity contribution in [2.75, 3.05) is 31.4 Å². The van der Waals surface area contributed by atoms with Crippen LogP contribution < -0.4 is 19.7 Å². The van der Waals surface area contributed by atoms with E-state index in [-0.39, 0.29) is 29.7 Å². The number of aromatic nitrogens is 1. The molecule has 0 bridgehead atoms. The maximum Gasteiger partial charge on any atom is 0.276 e. The van der Waals surface area contributed by atoms with E-state index in [0.717, 1.165) is 0 Å². The van der Waals surface area contributed by atoms with Crippen molar-refractivity contribution >= 4 is 39.5 Å². The van der Waals surface area contributed by atoms with E-state index in [2.05, 4.69) is 15.6 Å². The summed E-state index contributed by atoms with van der Waals surface area (Å²) < 4.78 is 39.1. The number of anilines is 1. The van der Waals surface area contributed by atoms with Crippen molar-refractivity contribution in [3.63, 3.8) is 0 Å². The van der Waals surface area contributed by atoms with Crippen molar-refractivity contribution < 1.29 is 27.3 Å². The Morgan fingerprint density at radius 3 is 2.64 bits per heavy atom. The smallest absolute Gasteiger partial charge is 0.276 e. The van der Waals surface area contributed by atoms with Crippen molar-refractivity contribution in [1.29, 1.82) is 0 Å². The number of amides is 2. The summed E-state index contributed by atoms with van der Waals surface area (Å²) in [4.78, 5) is 29.8. The van der Waals surface area contributed by atoms with Gasteiger partial charge in [0, 0.05) is 42.9 Å². The van der Waals surface area contributed by atoms with Crippen molar-refractivity contribution in [3.05, 3.63) is 65.6 Å². The van der Waals surface area contributed by atoms with Gasteiger partial charge in [-0.3, -0.25) is 13.9 Å². The number of benzene rings is 2. The fourth-order valence-electron chi connectivity index (χ4n) is 4.03. The molecule has 0 saturated carbocycles. The average molecular weight is 509 g/mol. The molecule has 1 unspecified atom stereocenters. The number of ether oxygens (including phenoxy) is 1. The van der Waals surface area contributed by atoms with Crippen molar-refractivity contribution in [3.8, 4) is 28.3 Å². The standard InChI is InChI=1S/C25H21FN4O5S/c1-27-24(31)21-16-10-15(17-8-9-19-22(29-17)25(32)28-12-34-19)18(30(2)36(3)33)11-20(16)35-23(21)13-4-6-14(26)7-5-13/h4-11H,12H2,1-3H3,(H,27,31)(H,28,32). The number of pyridine rings is 1. The Bertz CT molecular complexity index is 1550. The number of hydrogen-bond donors (Lipinski definition) is 2. The van der Waals surface area contributed by atoms with Crippen molar-refractivity contribution in [2.45, 2.75) is 0 Å². The molecule has 0 fully saturated rings. The fraction of sp³-hybridized carbons (Fsp3) is 0.160. The second-order valence-corrected chi connectivity index (χ2v) is 9.41. The van der Waals surface area contributed by atoms with Crippen LogP contribution in [0.4, 0.5) is 10.1 Å². The number of fused-ring (bicyclic) bond motifs is 2. The van der Waals surface area contributed by atoms with Gasteiger partial charge in [-0.05, 0) is 42.5 Å². The van der Waals surface area contributed by atoms with Gasteiger partial charge in [-0.2, -0.15) is 0 Å². The molecule has 1 atom stereocenters. The van der Waals surface area contributed by atoms with E-state index < -0.39 is 22.7 Å². The Morgan fingerprint density at radius 2 is 1.94 bits per heavy atom. The van der Waals surface area contributed by atoms with Crippen molar-refractivity contribution in [2.24, 2.45) is 0 Å². The lowest BCUT2D eigenvalue weighted by Crippen LogP contribution is -2.33. The Morgan fingerprint density at radius 1 is 1.19 bits per heavy atom. The lowest BCUT2D eigenvalue weighted by Gasteiger charge is -2.21. The van der Waals surface area contributed by atoms with Gasteiger partial charge < -0.3 is 19.8 Å². The summed E-state index contributed by atoms with van der Waals surface area (Å²) in [5, 5.41) is 5.68. The molecular formula is C25H21FN4O5S. The van der Waals surface area contributed by atoms with Gasteiger partial charge in [-0.1, -0.05) is 0 Å². The molecule has 2 aromatic carbocycles. The van der Waals surface area contributed by atoms with Crippen LogP contribution in [0.3, 0.4) is 0 Å². The summed E-state index contributed by atoms with van der Waals surface area (Å²) in [6.07, 6.45) is 1.53. The molecule has 0 radical (unpaired) electrons. The number of carbonyl (C=O) groups is 2. The first kappa shape index (κ1) is 23.5. The van der Waals surface area contributed by atoms with Crippen LogP contribution in [0, 0.1) is 5.82 Å². The number of carbonyl (C=O) groups excluding carboxylic acids is 2. The Balaban J connectivity index is 1.80. The highest BCUT2D eigenvalue weighted by atomic mass is 32.2. The second-order valence-electron chi connectivity index (χ2n) is 8.02. The molecule has 0 saturated heterocycles. The van der Waals surface area contributed by atoms with Gasteiger partial charge in [0.05, 0.1) is 16.9 Å². The average Bonchev–Trinajstić information content (AvgIpc) is 3.26. The third kappa shape index (κ3) is 3.97. The van der Waals surface area contributed by atoms with Gasteiger partial charge in [0.1, 0.15) is 28.1 Å². The first-order chi connectivity index (χ1) is 17.3. The molecule has 184 valence electrons. The third-order valence-corrected chi connectivity index (χ3v) is 6.87. The van der Waals surface area contributed by atoms with Crippen LogP contribution >= 0.6 is 0 Å². The molecule has 2 amide bonds. The zero-order valence-corrected chi connectivity index (χ0v) is 20.4. The second kappa shape index (κ2) is 9.08. The first-order valence-electron chi connectivity index (χ1n) is 10.9. The van der Waals surface area contributed by atoms with Crippen LogP contribution in [0.15, 0.2) is 52.9 Å². The van der Waals surface area contributed by atoms with Gasteiger partial charge in [0.25, 0.3) is 11.8 Å². The summed E-state index contributed by atoms with van der Waals surface area (Å²) in [6.45, 7) is 0.0539. The maximum atomic E-state index is 13.5. The summed E-state index contributed by atoms with van der Waals surface area (Å²) in [5.41, 5.74) is 2.71. The molecule has 36 heavy (non-hydrogen) atoms. The van der Waals surface area contributed by atoms with Gasteiger partial charge in [0.15, 0.2) is 18.2 Å². The Labute approximate surface area is 207 Å². The zero-order valence-electron chi connectivity index (χ0n) is 19.5. The predicted octanol–water partition coefficient (Wildman–Crippen LogP) is 3.47. The van der Waals surface area contributed by atoms with Gasteiger partial charge >= 0.3 is 0 Å². The summed E-state index contributed by atoms with van der Waals surface area (Å²) in [7, 11) is 1.75. The highest BCUT2D eigenvalue weighted by Gasteiger charge is 2.26. The summed E-state index contributed by atoms with van der Waals surface area (Å²) in [6, 6.07) is 12.3. The Hall–Kier alpha value is -4.25. The van der Waals surface area contributed by atoms with E-state index >= 15 is 0 Å². The monoisotopic (exact) mass is 508 g/mol. The van der Waals surface area contributed by atoms with Crippen LogP contribution in [0.1, 0.15) is 20.8 Å². The number of halogens is 1. The van der Waals surface area contributed by atoms with Gasteiger partial charge in [-0.25, -0.2) is 13.6 Å². The van der Waals surface area contributed by atoms with E-state index in [1.54, 1.807) is 31.3 Å². The zero-order chi connectivity index (χ0) is 25.6. The lowest BCUT2D eigenvalue weighted by molar-refractivity contribution is 0.0875. The summed E-state index contributed by atoms with van der Waals surface area (Å²) >= 11 is 0. The third-order valence-electron chi connectivity index (χ3n) is 5.90. The van der Waals surface area contributed by atoms with Crippen LogP contribution in [0.5, 0.6) is 5.75 Å². The van der Waals surface area contributed by atoms with Crippen LogP contribution in [0.2, 0.25) is 0 Å². The van der Waals surface area contributed by atoms with Gasteiger partial charge in [0.2, 0.25) is 0 Å². The number of rotatable bonds is 5. The fourth-order valence-corrected chi connectivity index (χ4v) is 4.46. The molecule has 1 aliphatic rings. The van der Waals surface area contributed by atoms with E-state index in [1.165, 1.54) is 41.9 Å². The SMILES string of the molecule is CNC(=O)c1c(-c2ccc(F)cc2)oc2cc(N(C)S(C)=O)c(-c3ccc4c(n3)C(=O)NCO4)cc12. The minimum absolute atomic E-state index is 0.0539. The molecule has 4 aromatic rings. The number of nitrogens with one attached hydrogen (secondary N) is 2. The van der Waals surface area contributed by atoms with Crippen molar-refractivity contribution in [1.82, 2.24) is 15.6 Å². The van der Waals surface area contributed by atoms with Crippen LogP contribution in [0.25, 0.3) is 33.6 Å². The minimum Gasteiger partial charge on any atom is -0.471 e. The molecule has 1 aliphatic heterocycles. The summed E-state index contributed by atoms with van der Waals surface area (Å²) in [5.74, 6) is -0.574. The minimum atomic E-state index is -1.41. The molecule has 2 N–H and O–H groups in total. The molecule has 2 aromatic heterocycles. The number of furan rings is 1. The highest BCUT2D eigenvalue weighted by molar-refractivity contribution is 7.85. The Kier molecular flexibility index (Phi) is 5.92. The first-order valence-corrected chi connectivity index (χ1v) is 12.4. The quantitative estimate of drug-likeness (QED) is 0.427. The largest absolute Gasteiger partial charge is 0.471 e. The molecule has 0 spiro atoms. The maximum absolute atomic E-state index is 13.5. The molecule has 5 rings (SSSR count). The molecule has 9 nitrogen and oxygen atoms in total. The van der Waals surface area contributed by atoms with Gasteiger partial charge in [-0.15, -0.1) is 0 Å². The van der Waals surface area contributed by atoms with E-state index in [0.29, 0.717) is 39.2 Å².